The van der Waals surface area contributed by atoms with Crippen molar-refractivity contribution in [2.45, 2.75) is 38.2 Å². The van der Waals surface area contributed by atoms with Gasteiger partial charge in [-0.25, -0.2) is 4.98 Å². The largest absolute Gasteiger partial charge is 0.373 e. The van der Waals surface area contributed by atoms with Crippen LogP contribution < -0.4 is 5.56 Å². The van der Waals surface area contributed by atoms with E-state index in [1.54, 1.807) is 7.11 Å². The van der Waals surface area contributed by atoms with Crippen molar-refractivity contribution in [3.63, 3.8) is 0 Å². The highest BCUT2D eigenvalue weighted by molar-refractivity contribution is 5.22. The van der Waals surface area contributed by atoms with Crippen LogP contribution in [0.2, 0.25) is 0 Å². The third-order valence-corrected chi connectivity index (χ3v) is 3.54. The molecule has 1 aliphatic rings. The smallest absolute Gasteiger partial charge is 0.268 e. The standard InChI is InChI=1S/C13H17N3O2/c1-18-11(9-5-3-2-4-6-9)12-15-8-10(7-14)13(17)16-12/h8-9,11H,2-6H2,1H3,(H,15,16,17). The Morgan fingerprint density at radius 3 is 2.78 bits per heavy atom. The number of nitrogens with one attached hydrogen (secondary N) is 1. The van der Waals surface area contributed by atoms with Gasteiger partial charge in [0.1, 0.15) is 23.6 Å². The van der Waals surface area contributed by atoms with Gasteiger partial charge in [-0.1, -0.05) is 19.3 Å². The third kappa shape index (κ3) is 2.59. The number of aromatic amines is 1. The molecule has 1 fully saturated rings. The average molecular weight is 247 g/mol. The van der Waals surface area contributed by atoms with Crippen molar-refractivity contribution in [2.75, 3.05) is 7.11 Å². The van der Waals surface area contributed by atoms with Gasteiger partial charge in [0.25, 0.3) is 5.56 Å². The Labute approximate surface area is 106 Å². The number of H-pyrrole nitrogens is 1. The molecule has 18 heavy (non-hydrogen) atoms. The molecule has 1 saturated carbocycles. The Morgan fingerprint density at radius 2 is 2.22 bits per heavy atom. The molecule has 1 aromatic rings. The van der Waals surface area contributed by atoms with Crippen molar-refractivity contribution in [3.8, 4) is 6.07 Å². The molecule has 1 atom stereocenters. The number of hydrogen-bond donors (Lipinski definition) is 1. The van der Waals surface area contributed by atoms with Crippen molar-refractivity contribution in [1.29, 1.82) is 5.26 Å². The molecule has 0 aromatic carbocycles. The maximum atomic E-state index is 11.6. The van der Waals surface area contributed by atoms with Gasteiger partial charge in [0.05, 0.1) is 6.20 Å². The lowest BCUT2D eigenvalue weighted by molar-refractivity contribution is 0.0287. The van der Waals surface area contributed by atoms with Crippen molar-refractivity contribution in [1.82, 2.24) is 9.97 Å². The predicted molar refractivity (Wildman–Crippen MR) is 65.9 cm³/mol. The minimum Gasteiger partial charge on any atom is -0.373 e. The van der Waals surface area contributed by atoms with Crippen LogP contribution in [0.3, 0.4) is 0 Å². The van der Waals surface area contributed by atoms with E-state index in [2.05, 4.69) is 9.97 Å². The predicted octanol–water partition coefficient (Wildman–Crippen LogP) is 1.91. The Bertz CT molecular complexity index is 498. The summed E-state index contributed by atoms with van der Waals surface area (Å²) in [4.78, 5) is 18.4. The number of hydrogen-bond acceptors (Lipinski definition) is 4. The van der Waals surface area contributed by atoms with Gasteiger partial charge < -0.3 is 9.72 Å². The highest BCUT2D eigenvalue weighted by Crippen LogP contribution is 2.34. The first-order chi connectivity index (χ1) is 8.76. The van der Waals surface area contributed by atoms with Gasteiger partial charge in [0.2, 0.25) is 0 Å². The van der Waals surface area contributed by atoms with Crippen LogP contribution in [0.25, 0.3) is 0 Å². The molecule has 1 heterocycles. The van der Waals surface area contributed by atoms with Crippen LogP contribution in [0.5, 0.6) is 0 Å². The first-order valence-corrected chi connectivity index (χ1v) is 6.28. The lowest BCUT2D eigenvalue weighted by atomic mass is 9.85. The molecule has 5 heteroatoms. The molecule has 1 unspecified atom stereocenters. The molecule has 0 saturated heterocycles. The minimum atomic E-state index is -0.389. The third-order valence-electron chi connectivity index (χ3n) is 3.54. The van der Waals surface area contributed by atoms with Gasteiger partial charge in [-0.15, -0.1) is 0 Å². The van der Waals surface area contributed by atoms with Crippen LogP contribution in [0.1, 0.15) is 49.6 Å². The first kappa shape index (κ1) is 12.8. The molecule has 96 valence electrons. The zero-order chi connectivity index (χ0) is 13.0. The molecular weight excluding hydrogens is 230 g/mol. The summed E-state index contributed by atoms with van der Waals surface area (Å²) in [5.41, 5.74) is -0.349. The summed E-state index contributed by atoms with van der Waals surface area (Å²) in [6.45, 7) is 0. The van der Waals surface area contributed by atoms with Gasteiger partial charge in [-0.05, 0) is 18.8 Å². The second-order valence-electron chi connectivity index (χ2n) is 4.68. The van der Waals surface area contributed by atoms with Gasteiger partial charge in [0, 0.05) is 7.11 Å². The summed E-state index contributed by atoms with van der Waals surface area (Å²) >= 11 is 0. The number of aromatic nitrogens is 2. The highest BCUT2D eigenvalue weighted by Gasteiger charge is 2.26. The lowest BCUT2D eigenvalue weighted by Gasteiger charge is -2.28. The monoisotopic (exact) mass is 247 g/mol. The number of methoxy groups -OCH3 is 1. The number of rotatable bonds is 3. The zero-order valence-corrected chi connectivity index (χ0v) is 10.5. The molecule has 0 radical (unpaired) electrons. The lowest BCUT2D eigenvalue weighted by Crippen LogP contribution is -2.24. The maximum Gasteiger partial charge on any atom is 0.268 e. The molecule has 0 aliphatic heterocycles. The first-order valence-electron chi connectivity index (χ1n) is 6.28. The van der Waals surface area contributed by atoms with Gasteiger partial charge in [0.15, 0.2) is 0 Å². The second kappa shape index (κ2) is 5.78. The van der Waals surface area contributed by atoms with Crippen LogP contribution in [0, 0.1) is 17.2 Å². The maximum absolute atomic E-state index is 11.6. The molecule has 0 amide bonds. The van der Waals surface area contributed by atoms with Gasteiger partial charge in [-0.2, -0.15) is 5.26 Å². The summed E-state index contributed by atoms with van der Waals surface area (Å²) in [7, 11) is 1.64. The van der Waals surface area contributed by atoms with Crippen molar-refractivity contribution < 1.29 is 4.74 Å². The van der Waals surface area contributed by atoms with Gasteiger partial charge in [-0.3, -0.25) is 4.79 Å². The van der Waals surface area contributed by atoms with Crippen LogP contribution in [0.4, 0.5) is 0 Å². The second-order valence-corrected chi connectivity index (χ2v) is 4.68. The quantitative estimate of drug-likeness (QED) is 0.884. The van der Waals surface area contributed by atoms with E-state index in [0.29, 0.717) is 11.7 Å². The fraction of sp³-hybridized carbons (Fsp3) is 0.615. The fourth-order valence-corrected chi connectivity index (χ4v) is 2.60. The summed E-state index contributed by atoms with van der Waals surface area (Å²) in [6.07, 6.45) is 7.01. The summed E-state index contributed by atoms with van der Waals surface area (Å²) in [6, 6.07) is 1.81. The molecular formula is C13H17N3O2. The molecule has 0 spiro atoms. The average Bonchev–Trinajstić information content (AvgIpc) is 2.41. The molecule has 1 aromatic heterocycles. The molecule has 2 rings (SSSR count). The molecule has 1 N–H and O–H groups in total. The molecule has 1 aliphatic carbocycles. The van der Waals surface area contributed by atoms with Crippen LogP contribution in [0.15, 0.2) is 11.0 Å². The van der Waals surface area contributed by atoms with Crippen molar-refractivity contribution in [3.05, 3.63) is 27.9 Å². The van der Waals surface area contributed by atoms with Crippen molar-refractivity contribution in [2.24, 2.45) is 5.92 Å². The normalized spacial score (nSPS) is 18.2. The summed E-state index contributed by atoms with van der Waals surface area (Å²) in [5.74, 6) is 0.938. The Kier molecular flexibility index (Phi) is 4.11. The number of nitrogens with zero attached hydrogens (tertiary/aromatic N) is 2. The SMILES string of the molecule is COC(c1ncc(C#N)c(=O)[nH]1)C1CCCCC1. The van der Waals surface area contributed by atoms with E-state index in [1.165, 1.54) is 25.5 Å². The van der Waals surface area contributed by atoms with Crippen LogP contribution >= 0.6 is 0 Å². The van der Waals surface area contributed by atoms with E-state index in [0.717, 1.165) is 12.8 Å². The van der Waals surface area contributed by atoms with Crippen LogP contribution in [-0.4, -0.2) is 17.1 Å². The van der Waals surface area contributed by atoms with Crippen LogP contribution in [-0.2, 0) is 4.74 Å². The molecule has 0 bridgehead atoms. The molecule has 5 nitrogen and oxygen atoms in total. The van der Waals surface area contributed by atoms with E-state index in [-0.39, 0.29) is 17.2 Å². The van der Waals surface area contributed by atoms with E-state index in [4.69, 9.17) is 10.00 Å². The minimum absolute atomic E-state index is 0.0391. The van der Waals surface area contributed by atoms with Crippen molar-refractivity contribution >= 4 is 0 Å². The Morgan fingerprint density at radius 1 is 1.50 bits per heavy atom. The van der Waals surface area contributed by atoms with E-state index in [9.17, 15) is 4.79 Å². The van der Waals surface area contributed by atoms with E-state index < -0.39 is 0 Å². The topological polar surface area (TPSA) is 78.8 Å². The Hall–Kier alpha value is -1.67. The zero-order valence-electron chi connectivity index (χ0n) is 10.5. The number of ether oxygens (including phenoxy) is 1. The number of nitriles is 1. The van der Waals surface area contributed by atoms with E-state index in [1.807, 2.05) is 6.07 Å². The summed E-state index contributed by atoms with van der Waals surface area (Å²) < 4.78 is 5.49. The van der Waals surface area contributed by atoms with Gasteiger partial charge >= 0.3 is 0 Å². The Balaban J connectivity index is 2.24. The summed E-state index contributed by atoms with van der Waals surface area (Å²) in [5, 5.41) is 8.71. The highest BCUT2D eigenvalue weighted by atomic mass is 16.5. The fourth-order valence-electron chi connectivity index (χ4n) is 2.60. The van der Waals surface area contributed by atoms with E-state index >= 15 is 0 Å².